The van der Waals surface area contributed by atoms with Crippen LogP contribution in [0.15, 0.2) is 0 Å². The van der Waals surface area contributed by atoms with Gasteiger partial charge in [0.2, 0.25) is 17.7 Å². The van der Waals surface area contributed by atoms with E-state index in [1.165, 1.54) is 6.92 Å². The molecule has 0 aromatic rings. The smallest absolute Gasteiger partial charge is 0.249 e. The predicted molar refractivity (Wildman–Crippen MR) is 115 cm³/mol. The Labute approximate surface area is 182 Å². The molecular weight excluding hydrogens is 410 g/mol. The lowest BCUT2D eigenvalue weighted by atomic mass is 9.85. The quantitative estimate of drug-likeness (QED) is 0.405. The third-order valence-corrected chi connectivity index (χ3v) is 5.35. The van der Waals surface area contributed by atoms with Crippen molar-refractivity contribution in [3.63, 3.8) is 0 Å². The third kappa shape index (κ3) is 10.4. The van der Waals surface area contributed by atoms with Gasteiger partial charge in [0.1, 0.15) is 6.10 Å². The molecule has 0 aromatic heterocycles. The Morgan fingerprint density at radius 2 is 1.67 bits per heavy atom. The number of nitrogens with one attached hydrogen (secondary N) is 3. The number of carbonyl (C=O) groups is 4. The second-order valence-electron chi connectivity index (χ2n) is 8.37. The lowest BCUT2D eigenvalue weighted by molar-refractivity contribution is -0.304. The van der Waals surface area contributed by atoms with Crippen molar-refractivity contribution in [1.82, 2.24) is 16.0 Å². The zero-order chi connectivity index (χ0) is 22.8. The number of thioether (sulfide) groups is 1. The zero-order valence-electron chi connectivity index (χ0n) is 18.6. The van der Waals surface area contributed by atoms with Crippen molar-refractivity contribution in [3.8, 4) is 0 Å². The van der Waals surface area contributed by atoms with Crippen LogP contribution in [0.4, 0.5) is 0 Å². The highest BCUT2D eigenvalue weighted by Gasteiger charge is 2.45. The van der Waals surface area contributed by atoms with E-state index in [0.29, 0.717) is 38.3 Å². The van der Waals surface area contributed by atoms with Crippen molar-refractivity contribution >= 4 is 34.6 Å². The number of carbonyl (C=O) groups excluding carboxylic acids is 4. The van der Waals surface area contributed by atoms with Crippen molar-refractivity contribution in [2.24, 2.45) is 5.41 Å². The average Bonchev–Trinajstić information content (AvgIpc) is 2.64. The van der Waals surface area contributed by atoms with Crippen molar-refractivity contribution in [3.05, 3.63) is 0 Å². The van der Waals surface area contributed by atoms with Gasteiger partial charge in [-0.05, 0) is 20.3 Å². The molecule has 1 heterocycles. The molecule has 1 rings (SSSR count). The van der Waals surface area contributed by atoms with E-state index in [0.717, 1.165) is 11.8 Å². The van der Waals surface area contributed by atoms with Crippen molar-refractivity contribution in [1.29, 1.82) is 0 Å². The van der Waals surface area contributed by atoms with E-state index in [1.54, 1.807) is 13.8 Å². The Morgan fingerprint density at radius 1 is 0.967 bits per heavy atom. The molecule has 1 unspecified atom stereocenters. The fourth-order valence-corrected chi connectivity index (χ4v) is 3.45. The first kappa shape index (κ1) is 26.4. The summed E-state index contributed by atoms with van der Waals surface area (Å²) >= 11 is 1.16. The van der Waals surface area contributed by atoms with Gasteiger partial charge in [-0.2, -0.15) is 0 Å². The first-order valence-corrected chi connectivity index (χ1v) is 11.2. The fraction of sp³-hybridized carbons (Fsp3) is 0.800. The first-order chi connectivity index (χ1) is 13.9. The van der Waals surface area contributed by atoms with Crippen LogP contribution in [0.2, 0.25) is 0 Å². The van der Waals surface area contributed by atoms with Crippen molar-refractivity contribution < 1.29 is 28.7 Å². The summed E-state index contributed by atoms with van der Waals surface area (Å²) in [7, 11) is 0. The summed E-state index contributed by atoms with van der Waals surface area (Å²) in [5.74, 6) is -0.905. The van der Waals surface area contributed by atoms with Gasteiger partial charge in [0, 0.05) is 50.6 Å². The summed E-state index contributed by atoms with van der Waals surface area (Å²) in [6.07, 6.45) is 0.473. The number of ether oxygens (including phenoxy) is 2. The Balaban J connectivity index is 2.16. The second-order valence-corrected chi connectivity index (χ2v) is 9.53. The SMILES string of the molecule is CC(=O)NCCCC(=O)SCCNC(=O)CCNC(=O)C1OC(C)(C)OCC1(C)C. The lowest BCUT2D eigenvalue weighted by Crippen LogP contribution is -2.56. The maximum absolute atomic E-state index is 12.5. The average molecular weight is 446 g/mol. The van der Waals surface area contributed by atoms with Crippen LogP contribution in [0, 0.1) is 5.41 Å². The lowest BCUT2D eigenvalue weighted by Gasteiger charge is -2.44. The number of hydrogen-bond donors (Lipinski definition) is 3. The minimum absolute atomic E-state index is 0.0314. The van der Waals surface area contributed by atoms with Crippen LogP contribution < -0.4 is 16.0 Å². The maximum atomic E-state index is 12.5. The molecule has 1 fully saturated rings. The molecule has 9 nitrogen and oxygen atoms in total. The molecule has 10 heteroatoms. The number of amides is 3. The largest absolute Gasteiger partial charge is 0.356 e. The van der Waals surface area contributed by atoms with E-state index in [1.807, 2.05) is 13.8 Å². The van der Waals surface area contributed by atoms with Crippen LogP contribution in [0.25, 0.3) is 0 Å². The van der Waals surface area contributed by atoms with E-state index < -0.39 is 17.3 Å². The Kier molecular flexibility index (Phi) is 10.8. The topological polar surface area (TPSA) is 123 Å². The molecule has 3 N–H and O–H groups in total. The zero-order valence-corrected chi connectivity index (χ0v) is 19.4. The molecule has 1 aliphatic heterocycles. The third-order valence-electron chi connectivity index (χ3n) is 4.41. The Hall–Kier alpha value is -1.65. The molecule has 1 aliphatic rings. The van der Waals surface area contributed by atoms with Gasteiger partial charge in [-0.15, -0.1) is 0 Å². The van der Waals surface area contributed by atoms with E-state index >= 15 is 0 Å². The van der Waals surface area contributed by atoms with Crippen LogP contribution in [-0.4, -0.2) is 66.7 Å². The summed E-state index contributed by atoms with van der Waals surface area (Å²) in [6.45, 7) is 10.2. The summed E-state index contributed by atoms with van der Waals surface area (Å²) in [5, 5.41) is 8.15. The van der Waals surface area contributed by atoms with Crippen LogP contribution in [0.1, 0.15) is 53.9 Å². The van der Waals surface area contributed by atoms with Gasteiger partial charge in [-0.25, -0.2) is 0 Å². The first-order valence-electron chi connectivity index (χ1n) is 10.2. The minimum atomic E-state index is -0.825. The molecule has 0 aliphatic carbocycles. The van der Waals surface area contributed by atoms with Gasteiger partial charge >= 0.3 is 0 Å². The van der Waals surface area contributed by atoms with Crippen molar-refractivity contribution in [2.45, 2.75) is 65.8 Å². The van der Waals surface area contributed by atoms with Gasteiger partial charge < -0.3 is 25.4 Å². The Bertz CT molecular complexity index is 624. The highest BCUT2D eigenvalue weighted by molar-refractivity contribution is 8.13. The van der Waals surface area contributed by atoms with Gasteiger partial charge in [0.15, 0.2) is 10.9 Å². The van der Waals surface area contributed by atoms with Gasteiger partial charge in [0.25, 0.3) is 0 Å². The van der Waals surface area contributed by atoms with E-state index in [2.05, 4.69) is 16.0 Å². The minimum Gasteiger partial charge on any atom is -0.356 e. The van der Waals surface area contributed by atoms with Gasteiger partial charge in [-0.3, -0.25) is 19.2 Å². The Morgan fingerprint density at radius 3 is 2.33 bits per heavy atom. The van der Waals surface area contributed by atoms with Gasteiger partial charge in [0.05, 0.1) is 6.61 Å². The molecule has 0 spiro atoms. The molecule has 172 valence electrons. The summed E-state index contributed by atoms with van der Waals surface area (Å²) < 4.78 is 11.4. The van der Waals surface area contributed by atoms with E-state index in [4.69, 9.17) is 9.47 Å². The van der Waals surface area contributed by atoms with Crippen LogP contribution >= 0.6 is 11.8 Å². The monoisotopic (exact) mass is 445 g/mol. The molecule has 0 saturated carbocycles. The molecule has 1 atom stereocenters. The molecular formula is C20H35N3O6S. The highest BCUT2D eigenvalue weighted by atomic mass is 32.2. The second kappa shape index (κ2) is 12.3. The maximum Gasteiger partial charge on any atom is 0.249 e. The molecule has 1 saturated heterocycles. The van der Waals surface area contributed by atoms with Gasteiger partial charge in [-0.1, -0.05) is 25.6 Å². The number of rotatable bonds is 11. The van der Waals surface area contributed by atoms with Crippen LogP contribution in [0.5, 0.6) is 0 Å². The van der Waals surface area contributed by atoms with E-state index in [-0.39, 0.29) is 35.8 Å². The molecule has 0 bridgehead atoms. The molecule has 30 heavy (non-hydrogen) atoms. The normalized spacial score (nSPS) is 19.6. The summed E-state index contributed by atoms with van der Waals surface area (Å²) in [5.41, 5.74) is -0.465. The highest BCUT2D eigenvalue weighted by Crippen LogP contribution is 2.34. The predicted octanol–water partition coefficient (Wildman–Crippen LogP) is 0.963. The van der Waals surface area contributed by atoms with Crippen LogP contribution in [0.3, 0.4) is 0 Å². The number of hydrogen-bond acceptors (Lipinski definition) is 7. The van der Waals surface area contributed by atoms with Crippen molar-refractivity contribution in [2.75, 3.05) is 32.0 Å². The molecule has 0 aromatic carbocycles. The fourth-order valence-electron chi connectivity index (χ4n) is 2.73. The standard InChI is InChI=1S/C20H35N3O6S/c1-14(24)21-9-6-7-16(26)30-12-11-22-15(25)8-10-23-18(27)17-19(2,3)13-28-20(4,5)29-17/h17H,6-13H2,1-5H3,(H,21,24)(H,22,25)(H,23,27). The van der Waals surface area contributed by atoms with Crippen LogP contribution in [-0.2, 0) is 28.7 Å². The molecule has 3 amide bonds. The summed E-state index contributed by atoms with van der Waals surface area (Å²) in [4.78, 5) is 46.8. The molecule has 0 radical (unpaired) electrons. The van der Waals surface area contributed by atoms with E-state index in [9.17, 15) is 19.2 Å². The summed E-state index contributed by atoms with van der Waals surface area (Å²) in [6, 6.07) is 0.